The van der Waals surface area contributed by atoms with Crippen LogP contribution in [0, 0.1) is 0 Å². The fourth-order valence-corrected chi connectivity index (χ4v) is 2.55. The standard InChI is InChI=1S/C20H24N2O5/c1-22(13-14-8-6-5-7-9-14)18(23)12-21-20(24)15-10-16(25-2)19(27-4)17(11-15)26-3/h5-11H,12-13H2,1-4H3,(H,21,24). The Hall–Kier alpha value is -3.22. The van der Waals surface area contributed by atoms with Gasteiger partial charge < -0.3 is 24.4 Å². The van der Waals surface area contributed by atoms with Gasteiger partial charge in [-0.1, -0.05) is 30.3 Å². The molecule has 0 aromatic heterocycles. The van der Waals surface area contributed by atoms with Crippen molar-refractivity contribution in [3.05, 3.63) is 53.6 Å². The predicted molar refractivity (Wildman–Crippen MR) is 101 cm³/mol. The Morgan fingerprint density at radius 1 is 0.963 bits per heavy atom. The lowest BCUT2D eigenvalue weighted by Crippen LogP contribution is -2.37. The van der Waals surface area contributed by atoms with E-state index in [1.54, 1.807) is 11.9 Å². The molecule has 0 aliphatic rings. The van der Waals surface area contributed by atoms with Crippen LogP contribution in [0.1, 0.15) is 15.9 Å². The van der Waals surface area contributed by atoms with Gasteiger partial charge in [0.2, 0.25) is 11.7 Å². The molecule has 0 bridgehead atoms. The summed E-state index contributed by atoms with van der Waals surface area (Å²) < 4.78 is 15.7. The first-order valence-electron chi connectivity index (χ1n) is 8.36. The molecule has 144 valence electrons. The van der Waals surface area contributed by atoms with Crippen molar-refractivity contribution in [2.24, 2.45) is 0 Å². The topological polar surface area (TPSA) is 77.1 Å². The molecular formula is C20H24N2O5. The number of carbonyl (C=O) groups is 2. The van der Waals surface area contributed by atoms with Gasteiger partial charge in [-0.05, 0) is 17.7 Å². The first kappa shape index (κ1) is 20.1. The monoisotopic (exact) mass is 372 g/mol. The molecule has 0 saturated carbocycles. The molecule has 2 rings (SSSR count). The lowest BCUT2D eigenvalue weighted by molar-refractivity contribution is -0.129. The molecule has 0 heterocycles. The molecule has 0 spiro atoms. The number of nitrogens with one attached hydrogen (secondary N) is 1. The molecular weight excluding hydrogens is 348 g/mol. The fourth-order valence-electron chi connectivity index (χ4n) is 2.55. The summed E-state index contributed by atoms with van der Waals surface area (Å²) in [5, 5.41) is 2.62. The van der Waals surface area contributed by atoms with Gasteiger partial charge in [0, 0.05) is 19.2 Å². The second kappa shape index (κ2) is 9.47. The van der Waals surface area contributed by atoms with Crippen LogP contribution in [0.4, 0.5) is 0 Å². The van der Waals surface area contributed by atoms with Crippen molar-refractivity contribution in [2.45, 2.75) is 6.54 Å². The maximum atomic E-state index is 12.4. The lowest BCUT2D eigenvalue weighted by Gasteiger charge is -2.18. The van der Waals surface area contributed by atoms with E-state index in [9.17, 15) is 9.59 Å². The van der Waals surface area contributed by atoms with Crippen LogP contribution in [-0.2, 0) is 11.3 Å². The van der Waals surface area contributed by atoms with Gasteiger partial charge in [0.15, 0.2) is 11.5 Å². The van der Waals surface area contributed by atoms with E-state index in [0.29, 0.717) is 29.4 Å². The van der Waals surface area contributed by atoms with Gasteiger partial charge in [-0.25, -0.2) is 0 Å². The van der Waals surface area contributed by atoms with Crippen LogP contribution < -0.4 is 19.5 Å². The number of ether oxygens (including phenoxy) is 3. The predicted octanol–water partition coefficient (Wildman–Crippen LogP) is 2.10. The van der Waals surface area contributed by atoms with Crippen molar-refractivity contribution in [1.82, 2.24) is 10.2 Å². The number of nitrogens with zero attached hydrogens (tertiary/aromatic N) is 1. The van der Waals surface area contributed by atoms with Crippen LogP contribution in [0.5, 0.6) is 17.2 Å². The van der Waals surface area contributed by atoms with Crippen LogP contribution in [0.15, 0.2) is 42.5 Å². The van der Waals surface area contributed by atoms with Crippen LogP contribution in [0.3, 0.4) is 0 Å². The number of rotatable bonds is 8. The fraction of sp³-hybridized carbons (Fsp3) is 0.300. The number of methoxy groups -OCH3 is 3. The quantitative estimate of drug-likeness (QED) is 0.768. The third-order valence-electron chi connectivity index (χ3n) is 4.02. The van der Waals surface area contributed by atoms with Gasteiger partial charge in [-0.3, -0.25) is 9.59 Å². The summed E-state index contributed by atoms with van der Waals surface area (Å²) in [5.41, 5.74) is 1.33. The molecule has 0 radical (unpaired) electrons. The zero-order chi connectivity index (χ0) is 19.8. The molecule has 1 N–H and O–H groups in total. The van der Waals surface area contributed by atoms with E-state index in [4.69, 9.17) is 14.2 Å². The summed E-state index contributed by atoms with van der Waals surface area (Å²) in [6, 6.07) is 12.7. The highest BCUT2D eigenvalue weighted by molar-refractivity contribution is 5.97. The van der Waals surface area contributed by atoms with E-state index in [2.05, 4.69) is 5.32 Å². The molecule has 2 amide bonds. The van der Waals surface area contributed by atoms with E-state index in [0.717, 1.165) is 5.56 Å². The largest absolute Gasteiger partial charge is 0.493 e. The summed E-state index contributed by atoms with van der Waals surface area (Å²) in [4.78, 5) is 26.3. The molecule has 7 nitrogen and oxygen atoms in total. The van der Waals surface area contributed by atoms with Crippen molar-refractivity contribution in [2.75, 3.05) is 34.9 Å². The van der Waals surface area contributed by atoms with Crippen molar-refractivity contribution in [1.29, 1.82) is 0 Å². The summed E-state index contributed by atoms with van der Waals surface area (Å²) >= 11 is 0. The van der Waals surface area contributed by atoms with Crippen LogP contribution >= 0.6 is 0 Å². The van der Waals surface area contributed by atoms with E-state index >= 15 is 0 Å². The normalized spacial score (nSPS) is 10.1. The van der Waals surface area contributed by atoms with Gasteiger partial charge in [0.1, 0.15) is 0 Å². The molecule has 0 atom stereocenters. The van der Waals surface area contributed by atoms with Crippen molar-refractivity contribution >= 4 is 11.8 Å². The van der Waals surface area contributed by atoms with Crippen molar-refractivity contribution in [3.8, 4) is 17.2 Å². The summed E-state index contributed by atoms with van der Waals surface area (Å²) in [7, 11) is 6.13. The number of carbonyl (C=O) groups excluding carboxylic acids is 2. The van der Waals surface area contributed by atoms with E-state index in [-0.39, 0.29) is 12.5 Å². The molecule has 0 aliphatic carbocycles. The Bertz CT molecular complexity index is 767. The maximum absolute atomic E-state index is 12.4. The highest BCUT2D eigenvalue weighted by atomic mass is 16.5. The molecule has 0 unspecified atom stereocenters. The third-order valence-corrected chi connectivity index (χ3v) is 4.02. The third kappa shape index (κ3) is 5.13. The van der Waals surface area contributed by atoms with Crippen molar-refractivity contribution in [3.63, 3.8) is 0 Å². The molecule has 27 heavy (non-hydrogen) atoms. The van der Waals surface area contributed by atoms with Gasteiger partial charge in [0.25, 0.3) is 5.91 Å². The number of amides is 2. The highest BCUT2D eigenvalue weighted by Gasteiger charge is 2.18. The summed E-state index contributed by atoms with van der Waals surface area (Å²) in [5.74, 6) is 0.537. The minimum absolute atomic E-state index is 0.112. The Kier molecular flexibility index (Phi) is 7.05. The lowest BCUT2D eigenvalue weighted by atomic mass is 10.1. The van der Waals surface area contributed by atoms with Gasteiger partial charge in [-0.15, -0.1) is 0 Å². The van der Waals surface area contributed by atoms with Gasteiger partial charge in [-0.2, -0.15) is 0 Å². The maximum Gasteiger partial charge on any atom is 0.251 e. The average molecular weight is 372 g/mol. The Morgan fingerprint density at radius 3 is 2.07 bits per heavy atom. The molecule has 2 aromatic carbocycles. The molecule has 2 aromatic rings. The summed E-state index contributed by atoms with van der Waals surface area (Å²) in [6.07, 6.45) is 0. The number of benzene rings is 2. The molecule has 0 fully saturated rings. The van der Waals surface area contributed by atoms with Crippen LogP contribution in [0.25, 0.3) is 0 Å². The number of hydrogen-bond donors (Lipinski definition) is 1. The SMILES string of the molecule is COc1cc(C(=O)NCC(=O)N(C)Cc2ccccc2)cc(OC)c1OC. The summed E-state index contributed by atoms with van der Waals surface area (Å²) in [6.45, 7) is 0.360. The van der Waals surface area contributed by atoms with Gasteiger partial charge in [0.05, 0.1) is 27.9 Å². The minimum atomic E-state index is -0.407. The van der Waals surface area contributed by atoms with Crippen LogP contribution in [0.2, 0.25) is 0 Å². The Labute approximate surface area is 158 Å². The van der Waals surface area contributed by atoms with Gasteiger partial charge >= 0.3 is 0 Å². The zero-order valence-electron chi connectivity index (χ0n) is 15.9. The highest BCUT2D eigenvalue weighted by Crippen LogP contribution is 2.38. The minimum Gasteiger partial charge on any atom is -0.493 e. The second-order valence-electron chi connectivity index (χ2n) is 5.83. The first-order chi connectivity index (χ1) is 13.0. The Morgan fingerprint density at radius 2 is 1.56 bits per heavy atom. The zero-order valence-corrected chi connectivity index (χ0v) is 15.9. The Balaban J connectivity index is 2.01. The average Bonchev–Trinajstić information content (AvgIpc) is 2.71. The van der Waals surface area contributed by atoms with E-state index in [1.807, 2.05) is 30.3 Å². The molecule has 0 saturated heterocycles. The van der Waals surface area contributed by atoms with E-state index in [1.165, 1.54) is 33.5 Å². The number of likely N-dealkylation sites (N-methyl/N-ethyl adjacent to an activating group) is 1. The van der Waals surface area contributed by atoms with Crippen LogP contribution in [-0.4, -0.2) is 51.6 Å². The molecule has 7 heteroatoms. The second-order valence-corrected chi connectivity index (χ2v) is 5.83. The first-order valence-corrected chi connectivity index (χ1v) is 8.36. The number of hydrogen-bond acceptors (Lipinski definition) is 5. The van der Waals surface area contributed by atoms with E-state index < -0.39 is 5.91 Å². The molecule has 0 aliphatic heterocycles. The van der Waals surface area contributed by atoms with Crippen molar-refractivity contribution < 1.29 is 23.8 Å². The smallest absolute Gasteiger partial charge is 0.251 e.